The van der Waals surface area contributed by atoms with E-state index in [0.717, 1.165) is 27.8 Å². The molecule has 19 heavy (non-hydrogen) atoms. The molecule has 2 aromatic carbocycles. The average Bonchev–Trinajstić information content (AvgIpc) is 2.39. The monoisotopic (exact) mass is 334 g/mol. The number of hydrogen-bond donors (Lipinski definition) is 2. The van der Waals surface area contributed by atoms with Gasteiger partial charge in [-0.3, -0.25) is 0 Å². The Balaban J connectivity index is 2.29. The Morgan fingerprint density at radius 2 is 2.00 bits per heavy atom. The Morgan fingerprint density at radius 1 is 1.26 bits per heavy atom. The molecule has 0 unspecified atom stereocenters. The molecule has 0 aromatic heterocycles. The summed E-state index contributed by atoms with van der Waals surface area (Å²) in [7, 11) is 0. The molecule has 0 aliphatic carbocycles. The lowest BCUT2D eigenvalue weighted by molar-refractivity contribution is 1.14. The number of aryl methyl sites for hydroxylation is 1. The van der Waals surface area contributed by atoms with Gasteiger partial charge in [-0.1, -0.05) is 37.3 Å². The highest BCUT2D eigenvalue weighted by molar-refractivity contribution is 9.10. The van der Waals surface area contributed by atoms with E-state index < -0.39 is 0 Å². The maximum atomic E-state index is 5.64. The van der Waals surface area contributed by atoms with Gasteiger partial charge in [0.05, 0.1) is 0 Å². The van der Waals surface area contributed by atoms with E-state index in [1.165, 1.54) is 5.56 Å². The van der Waals surface area contributed by atoms with Gasteiger partial charge in [-0.05, 0) is 52.2 Å². The standard InChI is InChI=1S/C15H15BrN2S/c1-2-10-5-3-4-6-14(10)18-11-7-8-12(15(17)19)13(16)9-11/h3-9,18H,2H2,1H3,(H2,17,19). The fourth-order valence-electron chi connectivity index (χ4n) is 1.90. The molecule has 0 bridgehead atoms. The van der Waals surface area contributed by atoms with Crippen LogP contribution in [0.25, 0.3) is 0 Å². The van der Waals surface area contributed by atoms with Crippen molar-refractivity contribution in [1.29, 1.82) is 0 Å². The van der Waals surface area contributed by atoms with Gasteiger partial charge in [0, 0.05) is 21.4 Å². The smallest absolute Gasteiger partial charge is 0.105 e. The highest BCUT2D eigenvalue weighted by Crippen LogP contribution is 2.26. The van der Waals surface area contributed by atoms with Crippen molar-refractivity contribution in [1.82, 2.24) is 0 Å². The predicted octanol–water partition coefficient (Wildman–Crippen LogP) is 4.39. The zero-order chi connectivity index (χ0) is 13.8. The van der Waals surface area contributed by atoms with Gasteiger partial charge < -0.3 is 11.1 Å². The zero-order valence-corrected chi connectivity index (χ0v) is 13.0. The van der Waals surface area contributed by atoms with Crippen molar-refractivity contribution < 1.29 is 0 Å². The summed E-state index contributed by atoms with van der Waals surface area (Å²) in [4.78, 5) is 0.396. The second-order valence-corrected chi connectivity index (χ2v) is 5.49. The van der Waals surface area contributed by atoms with Crippen molar-refractivity contribution in [2.24, 2.45) is 5.73 Å². The van der Waals surface area contributed by atoms with Crippen molar-refractivity contribution in [3.63, 3.8) is 0 Å². The molecular weight excluding hydrogens is 320 g/mol. The van der Waals surface area contributed by atoms with Gasteiger partial charge in [0.2, 0.25) is 0 Å². The van der Waals surface area contributed by atoms with Crippen LogP contribution in [0.15, 0.2) is 46.9 Å². The van der Waals surface area contributed by atoms with Gasteiger partial charge in [-0.15, -0.1) is 0 Å². The van der Waals surface area contributed by atoms with E-state index in [1.807, 2.05) is 24.3 Å². The minimum Gasteiger partial charge on any atom is -0.389 e. The summed E-state index contributed by atoms with van der Waals surface area (Å²) in [5, 5.41) is 3.42. The molecule has 98 valence electrons. The third kappa shape index (κ3) is 3.33. The minimum atomic E-state index is 0.396. The van der Waals surface area contributed by atoms with E-state index in [4.69, 9.17) is 18.0 Å². The second-order valence-electron chi connectivity index (χ2n) is 4.19. The van der Waals surface area contributed by atoms with Gasteiger partial charge in [0.25, 0.3) is 0 Å². The zero-order valence-electron chi connectivity index (χ0n) is 10.6. The van der Waals surface area contributed by atoms with E-state index in [2.05, 4.69) is 46.4 Å². The van der Waals surface area contributed by atoms with E-state index in [-0.39, 0.29) is 0 Å². The van der Waals surface area contributed by atoms with E-state index in [9.17, 15) is 0 Å². The highest BCUT2D eigenvalue weighted by atomic mass is 79.9. The van der Waals surface area contributed by atoms with Gasteiger partial charge >= 0.3 is 0 Å². The largest absolute Gasteiger partial charge is 0.389 e. The Labute approximate surface area is 127 Å². The molecule has 4 heteroatoms. The molecule has 0 amide bonds. The number of nitrogens with two attached hydrogens (primary N) is 1. The summed E-state index contributed by atoms with van der Waals surface area (Å²) in [5.41, 5.74) is 9.92. The number of nitrogens with one attached hydrogen (secondary N) is 1. The van der Waals surface area contributed by atoms with E-state index in [0.29, 0.717) is 4.99 Å². The number of anilines is 2. The number of halogens is 1. The quantitative estimate of drug-likeness (QED) is 0.814. The van der Waals surface area contributed by atoms with Crippen molar-refractivity contribution in [2.45, 2.75) is 13.3 Å². The van der Waals surface area contributed by atoms with Crippen molar-refractivity contribution in [2.75, 3.05) is 5.32 Å². The Morgan fingerprint density at radius 3 is 2.63 bits per heavy atom. The van der Waals surface area contributed by atoms with Crippen molar-refractivity contribution >= 4 is 44.5 Å². The van der Waals surface area contributed by atoms with Gasteiger partial charge in [-0.25, -0.2) is 0 Å². The molecule has 0 spiro atoms. The number of rotatable bonds is 4. The topological polar surface area (TPSA) is 38.0 Å². The van der Waals surface area contributed by atoms with E-state index >= 15 is 0 Å². The van der Waals surface area contributed by atoms with Crippen LogP contribution in [0.1, 0.15) is 18.1 Å². The summed E-state index contributed by atoms with van der Waals surface area (Å²) >= 11 is 8.48. The summed E-state index contributed by atoms with van der Waals surface area (Å²) in [6.07, 6.45) is 0.995. The second kappa shape index (κ2) is 6.17. The summed E-state index contributed by atoms with van der Waals surface area (Å²) < 4.78 is 0.902. The Kier molecular flexibility index (Phi) is 4.56. The van der Waals surface area contributed by atoms with Crippen LogP contribution >= 0.6 is 28.1 Å². The van der Waals surface area contributed by atoms with Crippen LogP contribution in [0.3, 0.4) is 0 Å². The molecule has 2 aromatic rings. The van der Waals surface area contributed by atoms with E-state index in [1.54, 1.807) is 0 Å². The maximum absolute atomic E-state index is 5.64. The third-order valence-corrected chi connectivity index (χ3v) is 3.79. The molecule has 0 saturated heterocycles. The summed E-state index contributed by atoms with van der Waals surface area (Å²) in [5.74, 6) is 0. The van der Waals surface area contributed by atoms with Gasteiger partial charge in [-0.2, -0.15) is 0 Å². The van der Waals surface area contributed by atoms with Crippen LogP contribution in [0.2, 0.25) is 0 Å². The SMILES string of the molecule is CCc1ccccc1Nc1ccc(C(N)=S)c(Br)c1. The lowest BCUT2D eigenvalue weighted by atomic mass is 10.1. The average molecular weight is 335 g/mol. The first kappa shape index (κ1) is 14.0. The summed E-state index contributed by atoms with van der Waals surface area (Å²) in [6, 6.07) is 14.2. The fraction of sp³-hybridized carbons (Fsp3) is 0.133. The number of hydrogen-bond acceptors (Lipinski definition) is 2. The first-order chi connectivity index (χ1) is 9.11. The lowest BCUT2D eigenvalue weighted by Gasteiger charge is -2.12. The van der Waals surface area contributed by atoms with Crippen LogP contribution in [0.4, 0.5) is 11.4 Å². The fourth-order valence-corrected chi connectivity index (χ4v) is 2.80. The Hall–Kier alpha value is -1.39. The lowest BCUT2D eigenvalue weighted by Crippen LogP contribution is -2.10. The molecule has 3 N–H and O–H groups in total. The molecule has 2 rings (SSSR count). The van der Waals surface area contributed by atoms with Crippen molar-refractivity contribution in [3.8, 4) is 0 Å². The third-order valence-electron chi connectivity index (χ3n) is 2.91. The molecule has 0 atom stereocenters. The summed E-state index contributed by atoms with van der Waals surface area (Å²) in [6.45, 7) is 2.15. The van der Waals surface area contributed by atoms with Crippen LogP contribution in [-0.4, -0.2) is 4.99 Å². The van der Waals surface area contributed by atoms with Crippen LogP contribution in [0.5, 0.6) is 0 Å². The van der Waals surface area contributed by atoms with Crippen LogP contribution in [-0.2, 0) is 6.42 Å². The first-order valence-corrected chi connectivity index (χ1v) is 7.26. The molecule has 0 aliphatic rings. The minimum absolute atomic E-state index is 0.396. The maximum Gasteiger partial charge on any atom is 0.105 e. The number of para-hydroxylation sites is 1. The Bertz CT molecular complexity index is 611. The normalized spacial score (nSPS) is 10.2. The van der Waals surface area contributed by atoms with Crippen molar-refractivity contribution in [3.05, 3.63) is 58.1 Å². The molecule has 2 nitrogen and oxygen atoms in total. The molecule has 0 saturated carbocycles. The first-order valence-electron chi connectivity index (χ1n) is 6.06. The van der Waals surface area contributed by atoms with Crippen LogP contribution in [0, 0.1) is 0 Å². The highest BCUT2D eigenvalue weighted by Gasteiger charge is 2.05. The number of benzene rings is 2. The molecule has 0 heterocycles. The molecular formula is C15H15BrN2S. The van der Waals surface area contributed by atoms with Gasteiger partial charge in [0.15, 0.2) is 0 Å². The van der Waals surface area contributed by atoms with Gasteiger partial charge in [0.1, 0.15) is 4.99 Å². The number of thiocarbonyl (C=S) groups is 1. The molecule has 0 aliphatic heterocycles. The van der Waals surface area contributed by atoms with Crippen LogP contribution < -0.4 is 11.1 Å². The molecule has 0 radical (unpaired) electrons. The molecule has 0 fully saturated rings. The predicted molar refractivity (Wildman–Crippen MR) is 89.1 cm³/mol.